The standard InChI is InChI=1S/C22H17N3O7S2/c1-34(30,31)17-8-6-16(7-9-17)25(33(28)29)19-13-15(11-12-23-19)24-22(27)18-4-2-3-14-5-10-20(26)32-21(14)18/h2-13H,1H3,(H,28,29)(H,23,24,27). The van der Waals surface area contributed by atoms with Crippen LogP contribution < -0.4 is 15.2 Å². The Morgan fingerprint density at radius 1 is 1.09 bits per heavy atom. The van der Waals surface area contributed by atoms with Gasteiger partial charge in [-0.1, -0.05) is 12.1 Å². The van der Waals surface area contributed by atoms with Crippen LogP contribution in [0.15, 0.2) is 87.0 Å². The highest BCUT2D eigenvalue weighted by Crippen LogP contribution is 2.28. The number of aromatic nitrogens is 1. The van der Waals surface area contributed by atoms with Crippen molar-refractivity contribution in [1.29, 1.82) is 0 Å². The van der Waals surface area contributed by atoms with E-state index >= 15 is 0 Å². The van der Waals surface area contributed by atoms with Crippen LogP contribution in [0, 0.1) is 0 Å². The highest BCUT2D eigenvalue weighted by Gasteiger charge is 2.19. The first-order valence-electron chi connectivity index (χ1n) is 9.65. The topological polar surface area (TPSA) is 147 Å². The molecule has 0 saturated heterocycles. The molecule has 2 N–H and O–H groups in total. The van der Waals surface area contributed by atoms with Crippen molar-refractivity contribution < 1.29 is 26.4 Å². The Morgan fingerprint density at radius 3 is 2.50 bits per heavy atom. The number of nitrogens with one attached hydrogen (secondary N) is 1. The SMILES string of the molecule is CS(=O)(=O)c1ccc(N(c2cc(NC(=O)c3cccc4ccc(=O)oc34)ccn2)S(=O)O)cc1. The minimum atomic E-state index is -3.44. The van der Waals surface area contributed by atoms with E-state index in [2.05, 4.69) is 10.3 Å². The Kier molecular flexibility index (Phi) is 6.28. The fraction of sp³-hybridized carbons (Fsp3) is 0.0455. The molecule has 0 spiro atoms. The lowest BCUT2D eigenvalue weighted by Crippen LogP contribution is -2.21. The average Bonchev–Trinajstić information content (AvgIpc) is 2.78. The molecule has 12 heteroatoms. The summed E-state index contributed by atoms with van der Waals surface area (Å²) in [5.41, 5.74) is 0.133. The zero-order chi connectivity index (χ0) is 24.5. The molecule has 1 unspecified atom stereocenters. The van der Waals surface area contributed by atoms with Crippen LogP contribution in [0.25, 0.3) is 11.0 Å². The summed E-state index contributed by atoms with van der Waals surface area (Å²) in [7, 11) is -3.44. The van der Waals surface area contributed by atoms with Gasteiger partial charge in [0, 0.05) is 35.7 Å². The molecule has 0 aliphatic rings. The molecule has 1 atom stereocenters. The molecule has 0 aliphatic heterocycles. The highest BCUT2D eigenvalue weighted by molar-refractivity contribution is 7.90. The van der Waals surface area contributed by atoms with Gasteiger partial charge in [-0.15, -0.1) is 0 Å². The Labute approximate surface area is 196 Å². The van der Waals surface area contributed by atoms with Crippen molar-refractivity contribution in [3.05, 3.63) is 88.9 Å². The predicted molar refractivity (Wildman–Crippen MR) is 127 cm³/mol. The minimum Gasteiger partial charge on any atom is -0.422 e. The van der Waals surface area contributed by atoms with E-state index in [0.717, 1.165) is 10.6 Å². The molecule has 2 aromatic heterocycles. The largest absolute Gasteiger partial charge is 0.422 e. The monoisotopic (exact) mass is 499 g/mol. The summed E-state index contributed by atoms with van der Waals surface area (Å²) < 4.78 is 51.4. The second-order valence-electron chi connectivity index (χ2n) is 7.13. The second-order valence-corrected chi connectivity index (χ2v) is 9.97. The summed E-state index contributed by atoms with van der Waals surface area (Å²) in [6, 6.07) is 15.9. The zero-order valence-electron chi connectivity index (χ0n) is 17.5. The summed E-state index contributed by atoms with van der Waals surface area (Å²) >= 11 is -2.55. The molecule has 2 aromatic carbocycles. The van der Waals surface area contributed by atoms with Crippen LogP contribution in [0.2, 0.25) is 0 Å². The number of carbonyl (C=O) groups is 1. The van der Waals surface area contributed by atoms with Gasteiger partial charge in [-0.2, -0.15) is 0 Å². The Morgan fingerprint density at radius 2 is 1.82 bits per heavy atom. The van der Waals surface area contributed by atoms with Crippen LogP contribution in [-0.2, 0) is 21.1 Å². The van der Waals surface area contributed by atoms with Crippen molar-refractivity contribution in [2.24, 2.45) is 0 Å². The van der Waals surface area contributed by atoms with Gasteiger partial charge in [0.05, 0.1) is 16.1 Å². The van der Waals surface area contributed by atoms with E-state index in [1.807, 2.05) is 0 Å². The van der Waals surface area contributed by atoms with E-state index in [9.17, 15) is 26.8 Å². The maximum absolute atomic E-state index is 12.9. The second kappa shape index (κ2) is 9.17. The van der Waals surface area contributed by atoms with Crippen molar-refractivity contribution in [3.8, 4) is 0 Å². The lowest BCUT2D eigenvalue weighted by atomic mass is 10.1. The van der Waals surface area contributed by atoms with Gasteiger partial charge in [0.1, 0.15) is 5.82 Å². The molecule has 0 radical (unpaired) electrons. The van der Waals surface area contributed by atoms with Crippen LogP contribution in [-0.4, -0.2) is 34.3 Å². The van der Waals surface area contributed by atoms with E-state index in [1.165, 1.54) is 54.7 Å². The smallest absolute Gasteiger partial charge is 0.336 e. The first kappa shape index (κ1) is 23.3. The molecule has 0 saturated carbocycles. The molecule has 2 heterocycles. The van der Waals surface area contributed by atoms with Gasteiger partial charge in [0.15, 0.2) is 15.4 Å². The number of carbonyl (C=O) groups excluding carboxylic acids is 1. The normalized spacial score (nSPS) is 12.3. The van der Waals surface area contributed by atoms with E-state index in [4.69, 9.17) is 4.42 Å². The molecule has 1 amide bonds. The minimum absolute atomic E-state index is 0.0233. The van der Waals surface area contributed by atoms with Crippen LogP contribution in [0.4, 0.5) is 17.2 Å². The lowest BCUT2D eigenvalue weighted by molar-refractivity contribution is 0.102. The van der Waals surface area contributed by atoms with Crippen molar-refractivity contribution in [2.75, 3.05) is 15.9 Å². The van der Waals surface area contributed by atoms with Crippen molar-refractivity contribution in [3.63, 3.8) is 0 Å². The van der Waals surface area contributed by atoms with E-state index < -0.39 is 32.6 Å². The molecule has 174 valence electrons. The Balaban J connectivity index is 1.66. The molecule has 4 rings (SSSR count). The quantitative estimate of drug-likeness (QED) is 0.304. The lowest BCUT2D eigenvalue weighted by Gasteiger charge is -2.19. The van der Waals surface area contributed by atoms with Gasteiger partial charge in [-0.25, -0.2) is 26.7 Å². The van der Waals surface area contributed by atoms with Gasteiger partial charge < -0.3 is 9.73 Å². The number of benzene rings is 2. The maximum Gasteiger partial charge on any atom is 0.336 e. The van der Waals surface area contributed by atoms with Gasteiger partial charge in [-0.3, -0.25) is 9.35 Å². The fourth-order valence-electron chi connectivity index (χ4n) is 3.21. The molecule has 0 bridgehead atoms. The first-order chi connectivity index (χ1) is 16.1. The van der Waals surface area contributed by atoms with Crippen molar-refractivity contribution in [1.82, 2.24) is 4.98 Å². The van der Waals surface area contributed by atoms with Crippen molar-refractivity contribution in [2.45, 2.75) is 4.90 Å². The van der Waals surface area contributed by atoms with Crippen LogP contribution >= 0.6 is 0 Å². The number of sulfone groups is 1. The van der Waals surface area contributed by atoms with Gasteiger partial charge >= 0.3 is 5.63 Å². The van der Waals surface area contributed by atoms with Gasteiger partial charge in [0.2, 0.25) is 0 Å². The third-order valence-corrected chi connectivity index (χ3v) is 6.60. The number of hydrogen-bond donors (Lipinski definition) is 2. The fourth-order valence-corrected chi connectivity index (χ4v) is 4.40. The molecule has 0 aliphatic carbocycles. The number of hydrogen-bond acceptors (Lipinski definition) is 7. The summed E-state index contributed by atoms with van der Waals surface area (Å²) in [6.07, 6.45) is 2.39. The number of pyridine rings is 1. The maximum atomic E-state index is 12.9. The van der Waals surface area contributed by atoms with Crippen LogP contribution in [0.5, 0.6) is 0 Å². The number of amides is 1. The summed E-state index contributed by atoms with van der Waals surface area (Å²) in [5, 5.41) is 3.23. The first-order valence-corrected chi connectivity index (χ1v) is 12.6. The summed E-state index contributed by atoms with van der Waals surface area (Å²) in [5.74, 6) is -0.540. The van der Waals surface area contributed by atoms with E-state index in [0.29, 0.717) is 5.39 Å². The molecule has 0 fully saturated rings. The van der Waals surface area contributed by atoms with Crippen LogP contribution in [0.1, 0.15) is 10.4 Å². The number of fused-ring (bicyclic) bond motifs is 1. The molecule has 10 nitrogen and oxygen atoms in total. The molecular weight excluding hydrogens is 482 g/mol. The van der Waals surface area contributed by atoms with Gasteiger partial charge in [-0.05, 0) is 42.5 Å². The third-order valence-electron chi connectivity index (χ3n) is 4.76. The predicted octanol–water partition coefficient (Wildman–Crippen LogP) is 3.12. The Hall–Kier alpha value is -3.87. The average molecular weight is 500 g/mol. The number of nitrogens with zero attached hydrogens (tertiary/aromatic N) is 2. The number of para-hydroxylation sites is 1. The number of anilines is 3. The third kappa shape index (κ3) is 4.88. The summed E-state index contributed by atoms with van der Waals surface area (Å²) in [4.78, 5) is 28.6. The molecule has 4 aromatic rings. The number of rotatable bonds is 6. The molecular formula is C22H17N3O7S2. The Bertz CT molecular complexity index is 1580. The van der Waals surface area contributed by atoms with E-state index in [-0.39, 0.29) is 33.2 Å². The van der Waals surface area contributed by atoms with Gasteiger partial charge in [0.25, 0.3) is 17.2 Å². The molecule has 34 heavy (non-hydrogen) atoms. The van der Waals surface area contributed by atoms with Crippen LogP contribution in [0.3, 0.4) is 0 Å². The zero-order valence-corrected chi connectivity index (χ0v) is 19.2. The van der Waals surface area contributed by atoms with Crippen molar-refractivity contribution >= 4 is 55.2 Å². The summed E-state index contributed by atoms with van der Waals surface area (Å²) in [6.45, 7) is 0. The van der Waals surface area contributed by atoms with E-state index in [1.54, 1.807) is 18.2 Å². The highest BCUT2D eigenvalue weighted by atomic mass is 32.2.